The highest BCUT2D eigenvalue weighted by Crippen LogP contribution is 2.33. The van der Waals surface area contributed by atoms with Gasteiger partial charge < -0.3 is 10.0 Å². The Morgan fingerprint density at radius 2 is 2.28 bits per heavy atom. The lowest BCUT2D eigenvalue weighted by Crippen LogP contribution is -2.24. The van der Waals surface area contributed by atoms with Crippen molar-refractivity contribution in [1.29, 1.82) is 0 Å². The minimum atomic E-state index is -0.931. The second kappa shape index (κ2) is 5.57. The van der Waals surface area contributed by atoms with Crippen molar-refractivity contribution in [2.45, 2.75) is 25.8 Å². The minimum absolute atomic E-state index is 0.683. The molecule has 1 aliphatic rings. The number of rotatable bonds is 5. The first-order valence-corrected chi connectivity index (χ1v) is 6.88. The summed E-state index contributed by atoms with van der Waals surface area (Å²) in [5, 5.41) is 8.62. The first-order chi connectivity index (χ1) is 8.61. The van der Waals surface area contributed by atoms with Crippen molar-refractivity contribution in [3.63, 3.8) is 0 Å². The molecule has 0 bridgehead atoms. The number of aliphatic carboxylic acids is 1. The molecule has 4 heteroatoms. The Kier molecular flexibility index (Phi) is 4.07. The molecule has 3 nitrogen and oxygen atoms in total. The normalized spacial score (nSPS) is 15.0. The van der Waals surface area contributed by atoms with Gasteiger partial charge in [-0.25, -0.2) is 4.79 Å². The summed E-state index contributed by atoms with van der Waals surface area (Å²) in [6.07, 6.45) is 5.29. The second-order valence-corrected chi connectivity index (χ2v) is 5.25. The molecule has 18 heavy (non-hydrogen) atoms. The van der Waals surface area contributed by atoms with Crippen LogP contribution in [0.15, 0.2) is 28.7 Å². The summed E-state index contributed by atoms with van der Waals surface area (Å²) in [5.41, 5.74) is 2.08. The van der Waals surface area contributed by atoms with E-state index in [4.69, 9.17) is 5.11 Å². The van der Waals surface area contributed by atoms with E-state index in [1.54, 1.807) is 6.08 Å². The molecular formula is C14H16BrNO2. The molecule has 1 aromatic carbocycles. The smallest absolute Gasteiger partial charge is 0.328 e. The van der Waals surface area contributed by atoms with E-state index in [0.29, 0.717) is 6.04 Å². The fourth-order valence-corrected chi connectivity index (χ4v) is 2.53. The fraction of sp³-hybridized carbons (Fsp3) is 0.357. The van der Waals surface area contributed by atoms with E-state index in [2.05, 4.69) is 33.8 Å². The topological polar surface area (TPSA) is 40.5 Å². The fourth-order valence-electron chi connectivity index (χ4n) is 2.03. The SMILES string of the molecule is CCN(c1ccc(/C=C/C(=O)O)c(Br)c1)C1CC1. The molecule has 0 radical (unpaired) electrons. The third-order valence-corrected chi connectivity index (χ3v) is 3.74. The molecule has 96 valence electrons. The van der Waals surface area contributed by atoms with Gasteiger partial charge in [0.1, 0.15) is 0 Å². The number of hydrogen-bond donors (Lipinski definition) is 1. The first kappa shape index (κ1) is 13.1. The van der Waals surface area contributed by atoms with Crippen LogP contribution in [0.4, 0.5) is 5.69 Å². The standard InChI is InChI=1S/C14H16BrNO2/c1-2-16(11-6-7-11)12-5-3-10(13(15)9-12)4-8-14(17)18/h3-5,8-9,11H,2,6-7H2,1H3,(H,17,18)/b8-4+. The quantitative estimate of drug-likeness (QED) is 0.846. The summed E-state index contributed by atoms with van der Waals surface area (Å²) in [5.74, 6) is -0.931. The molecule has 0 amide bonds. The number of carboxylic acid groups (broad SMARTS) is 1. The molecule has 0 atom stereocenters. The number of nitrogens with zero attached hydrogens (tertiary/aromatic N) is 1. The van der Waals surface area contributed by atoms with Crippen LogP contribution in [0.2, 0.25) is 0 Å². The van der Waals surface area contributed by atoms with Crippen LogP contribution in [-0.4, -0.2) is 23.7 Å². The monoisotopic (exact) mass is 309 g/mol. The molecule has 2 rings (SSSR count). The van der Waals surface area contributed by atoms with Crippen molar-refractivity contribution >= 4 is 33.7 Å². The summed E-state index contributed by atoms with van der Waals surface area (Å²) >= 11 is 3.49. The average Bonchev–Trinajstić information content (AvgIpc) is 3.13. The number of hydrogen-bond acceptors (Lipinski definition) is 2. The van der Waals surface area contributed by atoms with Crippen LogP contribution in [0.25, 0.3) is 6.08 Å². The molecule has 0 unspecified atom stereocenters. The summed E-state index contributed by atoms with van der Waals surface area (Å²) in [7, 11) is 0. The zero-order chi connectivity index (χ0) is 13.1. The van der Waals surface area contributed by atoms with E-state index >= 15 is 0 Å². The largest absolute Gasteiger partial charge is 0.478 e. The van der Waals surface area contributed by atoms with Crippen LogP contribution in [0.3, 0.4) is 0 Å². The molecule has 1 aromatic rings. The van der Waals surface area contributed by atoms with Crippen molar-refractivity contribution in [3.8, 4) is 0 Å². The van der Waals surface area contributed by atoms with Gasteiger partial charge in [-0.3, -0.25) is 0 Å². The van der Waals surface area contributed by atoms with Gasteiger partial charge in [-0.1, -0.05) is 22.0 Å². The van der Waals surface area contributed by atoms with Gasteiger partial charge >= 0.3 is 5.97 Å². The lowest BCUT2D eigenvalue weighted by molar-refractivity contribution is -0.131. The van der Waals surface area contributed by atoms with Crippen molar-refractivity contribution < 1.29 is 9.90 Å². The molecule has 0 saturated heterocycles. The highest BCUT2D eigenvalue weighted by molar-refractivity contribution is 9.10. The molecule has 1 fully saturated rings. The van der Waals surface area contributed by atoms with Crippen LogP contribution >= 0.6 is 15.9 Å². The molecule has 1 aliphatic carbocycles. The van der Waals surface area contributed by atoms with Gasteiger partial charge in [-0.05, 0) is 43.5 Å². The van der Waals surface area contributed by atoms with Crippen LogP contribution < -0.4 is 4.90 Å². The van der Waals surface area contributed by atoms with Crippen LogP contribution in [0, 0.1) is 0 Å². The average molecular weight is 310 g/mol. The molecule has 1 saturated carbocycles. The van der Waals surface area contributed by atoms with Crippen molar-refractivity contribution in [2.24, 2.45) is 0 Å². The van der Waals surface area contributed by atoms with Gasteiger partial charge in [0.2, 0.25) is 0 Å². The Balaban J connectivity index is 2.20. The van der Waals surface area contributed by atoms with Crippen LogP contribution in [0.5, 0.6) is 0 Å². The number of halogens is 1. The Labute approximate surface area is 115 Å². The summed E-state index contributed by atoms with van der Waals surface area (Å²) < 4.78 is 0.927. The van der Waals surface area contributed by atoms with E-state index in [-0.39, 0.29) is 0 Å². The Hall–Kier alpha value is -1.29. The number of anilines is 1. The van der Waals surface area contributed by atoms with Crippen molar-refractivity contribution in [2.75, 3.05) is 11.4 Å². The Morgan fingerprint density at radius 3 is 2.78 bits per heavy atom. The molecule has 0 aliphatic heterocycles. The third kappa shape index (κ3) is 3.13. The number of benzene rings is 1. The van der Waals surface area contributed by atoms with Gasteiger partial charge in [0.05, 0.1) is 0 Å². The molecule has 1 N–H and O–H groups in total. The summed E-state index contributed by atoms with van der Waals surface area (Å²) in [6.45, 7) is 3.16. The molecule has 0 heterocycles. The zero-order valence-corrected chi connectivity index (χ0v) is 11.9. The number of carboxylic acids is 1. The van der Waals surface area contributed by atoms with Gasteiger partial charge in [0.15, 0.2) is 0 Å². The maximum Gasteiger partial charge on any atom is 0.328 e. The number of carbonyl (C=O) groups is 1. The predicted molar refractivity (Wildman–Crippen MR) is 76.9 cm³/mol. The maximum absolute atomic E-state index is 10.5. The van der Waals surface area contributed by atoms with Crippen LogP contribution in [0.1, 0.15) is 25.3 Å². The summed E-state index contributed by atoms with van der Waals surface area (Å²) in [4.78, 5) is 12.9. The van der Waals surface area contributed by atoms with Gasteiger partial charge in [0.25, 0.3) is 0 Å². The first-order valence-electron chi connectivity index (χ1n) is 6.09. The third-order valence-electron chi connectivity index (χ3n) is 3.05. The predicted octanol–water partition coefficient (Wildman–Crippen LogP) is 3.54. The minimum Gasteiger partial charge on any atom is -0.478 e. The van der Waals surface area contributed by atoms with Crippen LogP contribution in [-0.2, 0) is 4.79 Å². The van der Waals surface area contributed by atoms with Gasteiger partial charge in [-0.2, -0.15) is 0 Å². The maximum atomic E-state index is 10.5. The second-order valence-electron chi connectivity index (χ2n) is 4.39. The lowest BCUT2D eigenvalue weighted by Gasteiger charge is -2.23. The van der Waals surface area contributed by atoms with Gasteiger partial charge in [-0.15, -0.1) is 0 Å². The highest BCUT2D eigenvalue weighted by atomic mass is 79.9. The molecule has 0 spiro atoms. The lowest BCUT2D eigenvalue weighted by atomic mass is 10.1. The van der Waals surface area contributed by atoms with E-state index in [0.717, 1.165) is 22.7 Å². The van der Waals surface area contributed by atoms with E-state index in [1.807, 2.05) is 12.1 Å². The van der Waals surface area contributed by atoms with Crippen molar-refractivity contribution in [3.05, 3.63) is 34.3 Å². The summed E-state index contributed by atoms with van der Waals surface area (Å²) in [6, 6.07) is 6.74. The Morgan fingerprint density at radius 1 is 1.56 bits per heavy atom. The Bertz CT molecular complexity index is 481. The van der Waals surface area contributed by atoms with Crippen molar-refractivity contribution in [1.82, 2.24) is 0 Å². The molecule has 0 aromatic heterocycles. The van der Waals surface area contributed by atoms with Gasteiger partial charge in [0, 0.05) is 28.8 Å². The molecular weight excluding hydrogens is 294 g/mol. The van der Waals surface area contributed by atoms with E-state index < -0.39 is 5.97 Å². The van der Waals surface area contributed by atoms with E-state index in [1.165, 1.54) is 18.5 Å². The highest BCUT2D eigenvalue weighted by Gasteiger charge is 2.28. The van der Waals surface area contributed by atoms with E-state index in [9.17, 15) is 4.79 Å². The zero-order valence-electron chi connectivity index (χ0n) is 10.3.